The van der Waals surface area contributed by atoms with Crippen LogP contribution in [0.2, 0.25) is 0 Å². The van der Waals surface area contributed by atoms with E-state index in [0.29, 0.717) is 18.6 Å². The average Bonchev–Trinajstić information content (AvgIpc) is 2.36. The van der Waals surface area contributed by atoms with E-state index in [-0.39, 0.29) is 5.56 Å². The van der Waals surface area contributed by atoms with Crippen molar-refractivity contribution in [2.24, 2.45) is 0 Å². The van der Waals surface area contributed by atoms with Gasteiger partial charge < -0.3 is 5.32 Å². The first-order valence-corrected chi connectivity index (χ1v) is 6.38. The molecule has 1 N–H and O–H groups in total. The number of rotatable bonds is 4. The van der Waals surface area contributed by atoms with E-state index in [1.165, 1.54) is 0 Å². The highest BCUT2D eigenvalue weighted by Gasteiger charge is 2.20. The summed E-state index contributed by atoms with van der Waals surface area (Å²) in [4.78, 5) is 0. The third-order valence-corrected chi connectivity index (χ3v) is 3.26. The van der Waals surface area contributed by atoms with E-state index in [0.717, 1.165) is 11.1 Å². The van der Waals surface area contributed by atoms with Gasteiger partial charge in [-0.1, -0.05) is 29.8 Å². The Kier molecular flexibility index (Phi) is 4.45. The number of hydrogen-bond acceptors (Lipinski definition) is 1. The average molecular weight is 279 g/mol. The van der Waals surface area contributed by atoms with Gasteiger partial charge >= 0.3 is 0 Å². The Morgan fingerprint density at radius 3 is 2.25 bits per heavy atom. The van der Waals surface area contributed by atoms with Gasteiger partial charge in [0.15, 0.2) is 0 Å². The minimum absolute atomic E-state index is 0.129. The molecule has 2 rings (SSSR count). The monoisotopic (exact) mass is 279 g/mol. The van der Waals surface area contributed by atoms with E-state index >= 15 is 0 Å². The number of hydrogen-bond donors (Lipinski definition) is 1. The summed E-state index contributed by atoms with van der Waals surface area (Å²) in [6.07, 6.45) is 0.428. The molecule has 0 saturated carbocycles. The zero-order valence-corrected chi connectivity index (χ0v) is 11.4. The van der Waals surface area contributed by atoms with Gasteiger partial charge in [0.1, 0.15) is 17.5 Å². The van der Waals surface area contributed by atoms with Crippen LogP contribution in [0.3, 0.4) is 0 Å². The molecule has 1 atom stereocenters. The van der Waals surface area contributed by atoms with Crippen molar-refractivity contribution in [3.8, 4) is 0 Å². The van der Waals surface area contributed by atoms with Gasteiger partial charge in [-0.25, -0.2) is 13.2 Å². The highest BCUT2D eigenvalue weighted by Crippen LogP contribution is 2.25. The summed E-state index contributed by atoms with van der Waals surface area (Å²) in [5, 5.41) is 2.88. The Morgan fingerprint density at radius 2 is 1.70 bits per heavy atom. The molecule has 0 aliphatic rings. The fraction of sp³-hybridized carbons (Fsp3) is 0.250. The van der Waals surface area contributed by atoms with E-state index in [2.05, 4.69) is 5.32 Å². The Hall–Kier alpha value is -1.81. The van der Waals surface area contributed by atoms with Crippen molar-refractivity contribution >= 4 is 0 Å². The lowest BCUT2D eigenvalue weighted by atomic mass is 9.97. The predicted octanol–water partition coefficient (Wildman–Crippen LogP) is 3.92. The Labute approximate surface area is 116 Å². The van der Waals surface area contributed by atoms with Crippen LogP contribution in [0.25, 0.3) is 0 Å². The molecule has 0 bridgehead atoms. The SMILES string of the molecule is CNC(Cc1cccc(C)c1)c1c(F)cc(F)cc1F. The van der Waals surface area contributed by atoms with Crippen LogP contribution in [-0.2, 0) is 6.42 Å². The molecule has 0 spiro atoms. The molecule has 2 aromatic rings. The number of benzene rings is 2. The maximum absolute atomic E-state index is 13.8. The van der Waals surface area contributed by atoms with Crippen LogP contribution in [0, 0.1) is 24.4 Å². The highest BCUT2D eigenvalue weighted by atomic mass is 19.1. The van der Waals surface area contributed by atoms with Crippen LogP contribution in [0.4, 0.5) is 13.2 Å². The first kappa shape index (κ1) is 14.6. The maximum Gasteiger partial charge on any atom is 0.133 e. The van der Waals surface area contributed by atoms with Gasteiger partial charge in [-0.15, -0.1) is 0 Å². The molecule has 1 unspecified atom stereocenters. The molecule has 0 aliphatic heterocycles. The largest absolute Gasteiger partial charge is 0.313 e. The Balaban J connectivity index is 2.34. The van der Waals surface area contributed by atoms with E-state index in [1.54, 1.807) is 7.05 Å². The van der Waals surface area contributed by atoms with Crippen LogP contribution in [-0.4, -0.2) is 7.05 Å². The first-order chi connectivity index (χ1) is 9.51. The summed E-state index contributed by atoms with van der Waals surface area (Å²) < 4.78 is 40.6. The molecule has 0 aliphatic carbocycles. The van der Waals surface area contributed by atoms with Gasteiger partial charge in [0.2, 0.25) is 0 Å². The lowest BCUT2D eigenvalue weighted by Gasteiger charge is -2.18. The van der Waals surface area contributed by atoms with Gasteiger partial charge in [0, 0.05) is 23.7 Å². The number of likely N-dealkylation sites (N-methyl/N-ethyl adjacent to an activating group) is 1. The summed E-state index contributed by atoms with van der Waals surface area (Å²) in [5.74, 6) is -2.64. The zero-order chi connectivity index (χ0) is 14.7. The molecule has 2 aromatic carbocycles. The van der Waals surface area contributed by atoms with Gasteiger partial charge in [0.25, 0.3) is 0 Å². The van der Waals surface area contributed by atoms with Crippen molar-refractivity contribution in [2.45, 2.75) is 19.4 Å². The smallest absolute Gasteiger partial charge is 0.133 e. The van der Waals surface area contributed by atoms with Crippen molar-refractivity contribution in [2.75, 3.05) is 7.05 Å². The summed E-state index contributed by atoms with van der Waals surface area (Å²) in [6, 6.07) is 8.58. The normalized spacial score (nSPS) is 12.4. The van der Waals surface area contributed by atoms with E-state index in [1.807, 2.05) is 31.2 Å². The molecular formula is C16H16F3N. The first-order valence-electron chi connectivity index (χ1n) is 6.38. The lowest BCUT2D eigenvalue weighted by Crippen LogP contribution is -2.21. The highest BCUT2D eigenvalue weighted by molar-refractivity contribution is 5.28. The summed E-state index contributed by atoms with van der Waals surface area (Å²) >= 11 is 0. The second kappa shape index (κ2) is 6.09. The molecule has 0 amide bonds. The second-order valence-electron chi connectivity index (χ2n) is 4.82. The van der Waals surface area contributed by atoms with Crippen molar-refractivity contribution in [1.82, 2.24) is 5.32 Å². The predicted molar refractivity (Wildman–Crippen MR) is 73.0 cm³/mol. The molecule has 1 nitrogen and oxygen atoms in total. The van der Waals surface area contributed by atoms with Crippen LogP contribution < -0.4 is 5.32 Å². The molecule has 106 valence electrons. The van der Waals surface area contributed by atoms with Crippen LogP contribution >= 0.6 is 0 Å². The third-order valence-electron chi connectivity index (χ3n) is 3.26. The Bertz CT molecular complexity index is 587. The fourth-order valence-corrected chi connectivity index (χ4v) is 2.31. The van der Waals surface area contributed by atoms with Crippen LogP contribution in [0.1, 0.15) is 22.7 Å². The molecule has 20 heavy (non-hydrogen) atoms. The van der Waals surface area contributed by atoms with Crippen LogP contribution in [0.15, 0.2) is 36.4 Å². The summed E-state index contributed by atoms with van der Waals surface area (Å²) in [7, 11) is 1.63. The molecule has 4 heteroatoms. The topological polar surface area (TPSA) is 12.0 Å². The molecular weight excluding hydrogens is 263 g/mol. The van der Waals surface area contributed by atoms with Gasteiger partial charge in [-0.3, -0.25) is 0 Å². The third kappa shape index (κ3) is 3.20. The van der Waals surface area contributed by atoms with Crippen molar-refractivity contribution in [3.63, 3.8) is 0 Å². The van der Waals surface area contributed by atoms with E-state index in [9.17, 15) is 13.2 Å². The molecule has 0 aromatic heterocycles. The molecule has 0 radical (unpaired) electrons. The quantitative estimate of drug-likeness (QED) is 0.894. The number of nitrogens with one attached hydrogen (secondary N) is 1. The summed E-state index contributed by atoms with van der Waals surface area (Å²) in [5.41, 5.74) is 1.92. The van der Waals surface area contributed by atoms with Crippen molar-refractivity contribution < 1.29 is 13.2 Å². The van der Waals surface area contributed by atoms with Crippen molar-refractivity contribution in [1.29, 1.82) is 0 Å². The molecule has 0 fully saturated rings. The number of halogens is 3. The maximum atomic E-state index is 13.8. The van der Waals surface area contributed by atoms with Crippen LogP contribution in [0.5, 0.6) is 0 Å². The van der Waals surface area contributed by atoms with E-state index < -0.39 is 23.5 Å². The second-order valence-corrected chi connectivity index (χ2v) is 4.82. The van der Waals surface area contributed by atoms with Gasteiger partial charge in [0.05, 0.1) is 0 Å². The van der Waals surface area contributed by atoms with Gasteiger partial charge in [-0.2, -0.15) is 0 Å². The van der Waals surface area contributed by atoms with Gasteiger partial charge in [-0.05, 0) is 26.0 Å². The number of aryl methyl sites for hydroxylation is 1. The minimum atomic E-state index is -0.908. The summed E-state index contributed by atoms with van der Waals surface area (Å²) in [6.45, 7) is 1.96. The molecule has 0 heterocycles. The zero-order valence-electron chi connectivity index (χ0n) is 11.4. The van der Waals surface area contributed by atoms with Crippen molar-refractivity contribution in [3.05, 3.63) is 70.5 Å². The fourth-order valence-electron chi connectivity index (χ4n) is 2.31. The Morgan fingerprint density at radius 1 is 1.05 bits per heavy atom. The minimum Gasteiger partial charge on any atom is -0.313 e. The molecule has 0 saturated heterocycles. The van der Waals surface area contributed by atoms with E-state index in [4.69, 9.17) is 0 Å². The lowest BCUT2D eigenvalue weighted by molar-refractivity contribution is 0.475. The standard InChI is InChI=1S/C16H16F3N/c1-10-4-3-5-11(6-10)7-15(20-2)16-13(18)8-12(17)9-14(16)19/h3-6,8-9,15,20H,7H2,1-2H3.